The Bertz CT molecular complexity index is 552. The van der Waals surface area contributed by atoms with Crippen LogP contribution in [0.4, 0.5) is 0 Å². The number of amides is 2. The lowest BCUT2D eigenvalue weighted by atomic mass is 9.89. The third kappa shape index (κ3) is 4.18. The first kappa shape index (κ1) is 15.3. The Balaban J connectivity index is 1.93. The van der Waals surface area contributed by atoms with Gasteiger partial charge in [0.2, 0.25) is 11.8 Å². The van der Waals surface area contributed by atoms with Gasteiger partial charge in [0.15, 0.2) is 0 Å². The van der Waals surface area contributed by atoms with Crippen LogP contribution in [0.2, 0.25) is 0 Å². The van der Waals surface area contributed by atoms with Crippen molar-refractivity contribution >= 4 is 11.8 Å². The van der Waals surface area contributed by atoms with E-state index in [0.717, 1.165) is 24.5 Å². The van der Waals surface area contributed by atoms with Crippen molar-refractivity contribution in [2.45, 2.75) is 38.6 Å². The zero-order valence-corrected chi connectivity index (χ0v) is 12.4. The summed E-state index contributed by atoms with van der Waals surface area (Å²) in [6, 6.07) is 6.39. The topological polar surface area (TPSA) is 58.2 Å². The van der Waals surface area contributed by atoms with E-state index in [4.69, 9.17) is 0 Å². The van der Waals surface area contributed by atoms with Crippen LogP contribution >= 0.6 is 0 Å². The van der Waals surface area contributed by atoms with Crippen molar-refractivity contribution < 1.29 is 9.59 Å². The fourth-order valence-electron chi connectivity index (χ4n) is 2.64. The summed E-state index contributed by atoms with van der Waals surface area (Å²) in [4.78, 5) is 22.8. The maximum Gasteiger partial charge on any atom is 0.243 e. The van der Waals surface area contributed by atoms with Crippen LogP contribution in [0.15, 0.2) is 30.9 Å². The molecular formula is C17H22N2O2. The lowest BCUT2D eigenvalue weighted by Gasteiger charge is -2.20. The monoisotopic (exact) mass is 286 g/mol. The SMILES string of the molecule is C=CC(=O)NCC(=O)N[C@@H](C)c1ccc2c(c1)CCCC2. The highest BCUT2D eigenvalue weighted by atomic mass is 16.2. The van der Waals surface area contributed by atoms with Gasteiger partial charge in [-0.15, -0.1) is 0 Å². The fourth-order valence-corrected chi connectivity index (χ4v) is 2.64. The van der Waals surface area contributed by atoms with Gasteiger partial charge >= 0.3 is 0 Å². The normalized spacial score (nSPS) is 14.7. The van der Waals surface area contributed by atoms with E-state index in [0.29, 0.717) is 0 Å². The first-order chi connectivity index (χ1) is 10.1. The molecule has 0 fully saturated rings. The van der Waals surface area contributed by atoms with E-state index in [1.807, 2.05) is 6.92 Å². The molecule has 1 aromatic carbocycles. The molecule has 0 bridgehead atoms. The van der Waals surface area contributed by atoms with Crippen LogP contribution in [-0.4, -0.2) is 18.4 Å². The average Bonchev–Trinajstić information content (AvgIpc) is 2.52. The Morgan fingerprint density at radius 1 is 1.29 bits per heavy atom. The average molecular weight is 286 g/mol. The molecule has 1 atom stereocenters. The summed E-state index contributed by atoms with van der Waals surface area (Å²) in [5.41, 5.74) is 3.95. The first-order valence-corrected chi connectivity index (χ1v) is 7.41. The number of aryl methyl sites for hydroxylation is 2. The van der Waals surface area contributed by atoms with Crippen molar-refractivity contribution in [3.63, 3.8) is 0 Å². The van der Waals surface area contributed by atoms with Gasteiger partial charge in [0.1, 0.15) is 0 Å². The van der Waals surface area contributed by atoms with Crippen LogP contribution in [0.5, 0.6) is 0 Å². The van der Waals surface area contributed by atoms with Gasteiger partial charge in [0, 0.05) is 0 Å². The van der Waals surface area contributed by atoms with Crippen molar-refractivity contribution in [3.8, 4) is 0 Å². The zero-order chi connectivity index (χ0) is 15.2. The largest absolute Gasteiger partial charge is 0.348 e. The standard InChI is InChI=1S/C17H22N2O2/c1-3-16(20)18-11-17(21)19-12(2)14-9-8-13-6-4-5-7-15(13)10-14/h3,8-10,12H,1,4-7,11H2,2H3,(H,18,20)(H,19,21)/t12-/m0/s1. The lowest BCUT2D eigenvalue weighted by molar-refractivity contribution is -0.124. The van der Waals surface area contributed by atoms with Crippen LogP contribution in [-0.2, 0) is 22.4 Å². The molecular weight excluding hydrogens is 264 g/mol. The van der Waals surface area contributed by atoms with E-state index in [9.17, 15) is 9.59 Å². The summed E-state index contributed by atoms with van der Waals surface area (Å²) in [6.45, 7) is 5.27. The molecule has 0 saturated heterocycles. The van der Waals surface area contributed by atoms with E-state index in [1.165, 1.54) is 24.0 Å². The number of rotatable bonds is 5. The van der Waals surface area contributed by atoms with Crippen molar-refractivity contribution in [3.05, 3.63) is 47.5 Å². The summed E-state index contributed by atoms with van der Waals surface area (Å²) in [7, 11) is 0. The molecule has 2 amide bonds. The molecule has 0 radical (unpaired) electrons. The van der Waals surface area contributed by atoms with Gasteiger partial charge in [0.25, 0.3) is 0 Å². The molecule has 0 spiro atoms. The summed E-state index contributed by atoms with van der Waals surface area (Å²) in [5, 5.41) is 5.36. The molecule has 4 heteroatoms. The van der Waals surface area contributed by atoms with E-state index >= 15 is 0 Å². The molecule has 4 nitrogen and oxygen atoms in total. The molecule has 1 aliphatic rings. The van der Waals surface area contributed by atoms with E-state index in [-0.39, 0.29) is 24.4 Å². The summed E-state index contributed by atoms with van der Waals surface area (Å²) < 4.78 is 0. The van der Waals surface area contributed by atoms with E-state index in [2.05, 4.69) is 35.4 Å². The highest BCUT2D eigenvalue weighted by molar-refractivity contribution is 5.90. The van der Waals surface area contributed by atoms with Gasteiger partial charge in [-0.2, -0.15) is 0 Å². The minimum Gasteiger partial charge on any atom is -0.348 e. The minimum absolute atomic E-state index is 0.0276. The summed E-state index contributed by atoms with van der Waals surface area (Å²) in [5.74, 6) is -0.540. The van der Waals surface area contributed by atoms with Gasteiger partial charge < -0.3 is 10.6 Å². The van der Waals surface area contributed by atoms with Gasteiger partial charge in [-0.05, 0) is 55.4 Å². The van der Waals surface area contributed by atoms with E-state index < -0.39 is 0 Å². The van der Waals surface area contributed by atoms with Crippen LogP contribution in [0, 0.1) is 0 Å². The quantitative estimate of drug-likeness (QED) is 0.814. The van der Waals surface area contributed by atoms with Crippen LogP contribution < -0.4 is 10.6 Å². The molecule has 0 aromatic heterocycles. The number of carbonyl (C=O) groups is 2. The third-order valence-electron chi connectivity index (χ3n) is 3.86. The van der Waals surface area contributed by atoms with Crippen LogP contribution in [0.25, 0.3) is 0 Å². The number of hydrogen-bond acceptors (Lipinski definition) is 2. The van der Waals surface area contributed by atoms with Crippen molar-refractivity contribution in [1.29, 1.82) is 0 Å². The Morgan fingerprint density at radius 2 is 2.00 bits per heavy atom. The predicted octanol–water partition coefficient (Wildman–Crippen LogP) is 2.04. The van der Waals surface area contributed by atoms with Crippen LogP contribution in [0.1, 0.15) is 42.5 Å². The smallest absolute Gasteiger partial charge is 0.243 e. The van der Waals surface area contributed by atoms with Gasteiger partial charge in [0.05, 0.1) is 12.6 Å². The fraction of sp³-hybridized carbons (Fsp3) is 0.412. The number of fused-ring (bicyclic) bond motifs is 1. The number of carbonyl (C=O) groups excluding carboxylic acids is 2. The second-order valence-corrected chi connectivity index (χ2v) is 5.45. The Hall–Kier alpha value is -2.10. The van der Waals surface area contributed by atoms with Crippen molar-refractivity contribution in [2.75, 3.05) is 6.54 Å². The predicted molar refractivity (Wildman–Crippen MR) is 82.8 cm³/mol. The number of nitrogens with one attached hydrogen (secondary N) is 2. The maximum atomic E-state index is 11.8. The third-order valence-corrected chi connectivity index (χ3v) is 3.86. The number of hydrogen-bond donors (Lipinski definition) is 2. The summed E-state index contributed by atoms with van der Waals surface area (Å²) >= 11 is 0. The molecule has 1 aromatic rings. The molecule has 0 aliphatic heterocycles. The zero-order valence-electron chi connectivity index (χ0n) is 12.4. The molecule has 0 unspecified atom stereocenters. The molecule has 2 N–H and O–H groups in total. The second kappa shape index (κ2) is 7.07. The molecule has 112 valence electrons. The Kier molecular flexibility index (Phi) is 5.14. The minimum atomic E-state index is -0.341. The highest BCUT2D eigenvalue weighted by Gasteiger charge is 2.14. The lowest BCUT2D eigenvalue weighted by Crippen LogP contribution is -2.37. The van der Waals surface area contributed by atoms with E-state index in [1.54, 1.807) is 0 Å². The Labute approximate surface area is 125 Å². The Morgan fingerprint density at radius 3 is 2.71 bits per heavy atom. The maximum absolute atomic E-state index is 11.8. The first-order valence-electron chi connectivity index (χ1n) is 7.41. The molecule has 21 heavy (non-hydrogen) atoms. The summed E-state index contributed by atoms with van der Waals surface area (Å²) in [6.07, 6.45) is 5.94. The highest BCUT2D eigenvalue weighted by Crippen LogP contribution is 2.24. The molecule has 0 heterocycles. The second-order valence-electron chi connectivity index (χ2n) is 5.45. The van der Waals surface area contributed by atoms with Gasteiger partial charge in [-0.25, -0.2) is 0 Å². The number of benzene rings is 1. The van der Waals surface area contributed by atoms with Crippen molar-refractivity contribution in [2.24, 2.45) is 0 Å². The molecule has 0 saturated carbocycles. The van der Waals surface area contributed by atoms with Gasteiger partial charge in [-0.3, -0.25) is 9.59 Å². The molecule has 2 rings (SSSR count). The van der Waals surface area contributed by atoms with Crippen LogP contribution in [0.3, 0.4) is 0 Å². The van der Waals surface area contributed by atoms with Crippen molar-refractivity contribution in [1.82, 2.24) is 10.6 Å². The van der Waals surface area contributed by atoms with Gasteiger partial charge in [-0.1, -0.05) is 24.8 Å². The molecule has 1 aliphatic carbocycles.